The molecule has 1 N–H and O–H groups in total. The number of nitrogens with zero attached hydrogens (tertiary/aromatic N) is 3. The first-order valence-electron chi connectivity index (χ1n) is 14.5. The van der Waals surface area contributed by atoms with Crippen molar-refractivity contribution in [3.63, 3.8) is 0 Å². The molecule has 0 aliphatic carbocycles. The molecule has 10 heteroatoms. The smallest absolute Gasteiger partial charge is 0.304 e. The molecule has 0 bridgehead atoms. The number of unbranched alkanes of at least 4 members (excludes halogenated alkanes) is 1. The topological polar surface area (TPSA) is 99.3 Å². The highest BCUT2D eigenvalue weighted by Gasteiger charge is 2.35. The zero-order chi connectivity index (χ0) is 31.6. The van der Waals surface area contributed by atoms with Gasteiger partial charge in [-0.05, 0) is 60.7 Å². The number of ether oxygens (including phenoxy) is 1. The van der Waals surface area contributed by atoms with Crippen molar-refractivity contribution in [2.75, 3.05) is 38.6 Å². The molecule has 0 aliphatic rings. The Morgan fingerprint density at radius 2 is 1.63 bits per heavy atom. The predicted molar refractivity (Wildman–Crippen MR) is 171 cm³/mol. The standard InChI is InChI=1S/C33H44N4O5S/c1-7-8-19-34-33(39)31(22-27-13-10-9-11-14-27)36(23-28-15-12-16-29(21-28)42-6)32(38)24-37(43(40,41)35(4)5)30-20-25(2)17-18-26(30)3/h9-18,20-21,31H,7-8,19,22-24H2,1-6H3,(H,34,39)/t31-/m0/s1. The average molecular weight is 609 g/mol. The van der Waals surface area contributed by atoms with Gasteiger partial charge in [0.05, 0.1) is 12.8 Å². The number of hydrogen-bond acceptors (Lipinski definition) is 5. The molecule has 2 amide bonds. The Morgan fingerprint density at radius 3 is 2.28 bits per heavy atom. The first-order chi connectivity index (χ1) is 20.5. The second-order valence-electron chi connectivity index (χ2n) is 10.8. The lowest BCUT2D eigenvalue weighted by Crippen LogP contribution is -2.54. The molecular weight excluding hydrogens is 564 g/mol. The van der Waals surface area contributed by atoms with Gasteiger partial charge in [-0.3, -0.25) is 9.59 Å². The summed E-state index contributed by atoms with van der Waals surface area (Å²) in [5.41, 5.74) is 3.61. The van der Waals surface area contributed by atoms with E-state index in [0.717, 1.165) is 38.1 Å². The summed E-state index contributed by atoms with van der Waals surface area (Å²) in [5.74, 6) is -0.174. The number of benzene rings is 3. The third-order valence-corrected chi connectivity index (χ3v) is 9.05. The number of nitrogens with one attached hydrogen (secondary N) is 1. The van der Waals surface area contributed by atoms with E-state index in [4.69, 9.17) is 4.74 Å². The summed E-state index contributed by atoms with van der Waals surface area (Å²) in [6.07, 6.45) is 1.97. The molecule has 43 heavy (non-hydrogen) atoms. The number of carbonyl (C=O) groups excluding carboxylic acids is 2. The third kappa shape index (κ3) is 9.05. The molecule has 9 nitrogen and oxygen atoms in total. The van der Waals surface area contributed by atoms with Crippen LogP contribution < -0.4 is 14.4 Å². The first kappa shape index (κ1) is 33.6. The summed E-state index contributed by atoms with van der Waals surface area (Å²) in [6, 6.07) is 21.4. The number of carbonyl (C=O) groups is 2. The Bertz CT molecular complexity index is 1480. The van der Waals surface area contributed by atoms with E-state index in [0.29, 0.717) is 23.5 Å². The predicted octanol–water partition coefficient (Wildman–Crippen LogP) is 4.48. The zero-order valence-electron chi connectivity index (χ0n) is 26.0. The van der Waals surface area contributed by atoms with Crippen LogP contribution in [-0.2, 0) is 32.8 Å². The summed E-state index contributed by atoms with van der Waals surface area (Å²) >= 11 is 0. The fourth-order valence-corrected chi connectivity index (χ4v) is 5.83. The van der Waals surface area contributed by atoms with Crippen molar-refractivity contribution in [3.05, 3.63) is 95.1 Å². The van der Waals surface area contributed by atoms with Crippen LogP contribution in [0.1, 0.15) is 42.0 Å². The number of rotatable bonds is 15. The number of anilines is 1. The van der Waals surface area contributed by atoms with Crippen molar-refractivity contribution in [2.45, 2.75) is 52.6 Å². The van der Waals surface area contributed by atoms with E-state index in [1.54, 1.807) is 19.2 Å². The number of amides is 2. The van der Waals surface area contributed by atoms with Crippen LogP contribution in [0.2, 0.25) is 0 Å². The highest BCUT2D eigenvalue weighted by molar-refractivity contribution is 7.90. The van der Waals surface area contributed by atoms with E-state index in [2.05, 4.69) is 5.32 Å². The van der Waals surface area contributed by atoms with Crippen molar-refractivity contribution in [3.8, 4) is 5.75 Å². The van der Waals surface area contributed by atoms with Gasteiger partial charge >= 0.3 is 10.2 Å². The molecule has 0 aliphatic heterocycles. The van der Waals surface area contributed by atoms with Crippen molar-refractivity contribution < 1.29 is 22.7 Å². The lowest BCUT2D eigenvalue weighted by molar-refractivity contribution is -0.140. The van der Waals surface area contributed by atoms with Crippen molar-refractivity contribution in [1.82, 2.24) is 14.5 Å². The van der Waals surface area contributed by atoms with E-state index >= 15 is 0 Å². The molecule has 232 valence electrons. The Morgan fingerprint density at radius 1 is 0.930 bits per heavy atom. The van der Waals surface area contributed by atoms with E-state index in [9.17, 15) is 18.0 Å². The largest absolute Gasteiger partial charge is 0.497 e. The lowest BCUT2D eigenvalue weighted by atomic mass is 10.0. The van der Waals surface area contributed by atoms with Gasteiger partial charge in [0, 0.05) is 33.6 Å². The van der Waals surface area contributed by atoms with Crippen molar-refractivity contribution in [2.24, 2.45) is 0 Å². The minimum atomic E-state index is -4.07. The van der Waals surface area contributed by atoms with Gasteiger partial charge in [0.2, 0.25) is 11.8 Å². The minimum absolute atomic E-state index is 0.0807. The molecule has 0 unspecified atom stereocenters. The van der Waals surface area contributed by atoms with Crippen LogP contribution in [0.4, 0.5) is 5.69 Å². The maximum atomic E-state index is 14.4. The van der Waals surface area contributed by atoms with Gasteiger partial charge in [0.15, 0.2) is 0 Å². The number of hydrogen-bond donors (Lipinski definition) is 1. The van der Waals surface area contributed by atoms with E-state index < -0.39 is 28.7 Å². The van der Waals surface area contributed by atoms with Crippen LogP contribution in [0.3, 0.4) is 0 Å². The molecule has 0 spiro atoms. The molecular formula is C33H44N4O5S. The number of methoxy groups -OCH3 is 1. The summed E-state index contributed by atoms with van der Waals surface area (Å²) in [7, 11) is 0.370. The lowest BCUT2D eigenvalue weighted by Gasteiger charge is -2.35. The van der Waals surface area contributed by atoms with Crippen LogP contribution in [0.25, 0.3) is 0 Å². The summed E-state index contributed by atoms with van der Waals surface area (Å²) in [6.45, 7) is 5.80. The van der Waals surface area contributed by atoms with Gasteiger partial charge in [0.1, 0.15) is 18.3 Å². The minimum Gasteiger partial charge on any atom is -0.497 e. The Kier molecular flexibility index (Phi) is 12.1. The Hall–Kier alpha value is -3.89. The van der Waals surface area contributed by atoms with E-state index in [1.165, 1.54) is 19.0 Å². The second kappa shape index (κ2) is 15.5. The van der Waals surface area contributed by atoms with E-state index in [1.807, 2.05) is 81.4 Å². The average Bonchev–Trinajstić information content (AvgIpc) is 2.99. The number of aryl methyl sites for hydroxylation is 2. The summed E-state index contributed by atoms with van der Waals surface area (Å²) < 4.78 is 34.9. The molecule has 0 saturated heterocycles. The monoisotopic (exact) mass is 608 g/mol. The SMILES string of the molecule is CCCCNC(=O)[C@H](Cc1ccccc1)N(Cc1cccc(OC)c1)C(=O)CN(c1cc(C)ccc1C)S(=O)(=O)N(C)C. The maximum Gasteiger partial charge on any atom is 0.304 e. The molecule has 0 heterocycles. The molecule has 0 radical (unpaired) electrons. The fourth-order valence-electron chi connectivity index (χ4n) is 4.72. The van der Waals surface area contributed by atoms with Gasteiger partial charge in [-0.25, -0.2) is 4.31 Å². The Balaban J connectivity index is 2.12. The van der Waals surface area contributed by atoms with Crippen LogP contribution in [0.15, 0.2) is 72.8 Å². The van der Waals surface area contributed by atoms with Gasteiger partial charge in [0.25, 0.3) is 0 Å². The van der Waals surface area contributed by atoms with Crippen LogP contribution in [0.5, 0.6) is 5.75 Å². The maximum absolute atomic E-state index is 14.4. The van der Waals surface area contributed by atoms with Crippen molar-refractivity contribution in [1.29, 1.82) is 0 Å². The normalized spacial score (nSPS) is 12.1. The highest BCUT2D eigenvalue weighted by Crippen LogP contribution is 2.26. The van der Waals surface area contributed by atoms with E-state index in [-0.39, 0.29) is 18.9 Å². The first-order valence-corrected chi connectivity index (χ1v) is 15.9. The van der Waals surface area contributed by atoms with Crippen LogP contribution in [0, 0.1) is 13.8 Å². The van der Waals surface area contributed by atoms with Gasteiger partial charge in [-0.1, -0.05) is 67.9 Å². The summed E-state index contributed by atoms with van der Waals surface area (Å²) in [5, 5.41) is 3.00. The van der Waals surface area contributed by atoms with Crippen molar-refractivity contribution >= 4 is 27.7 Å². The quantitative estimate of drug-likeness (QED) is 0.257. The molecule has 3 aromatic rings. The second-order valence-corrected chi connectivity index (χ2v) is 12.9. The third-order valence-electron chi connectivity index (χ3n) is 7.24. The summed E-state index contributed by atoms with van der Waals surface area (Å²) in [4.78, 5) is 29.7. The molecule has 0 aromatic heterocycles. The Labute approximate surface area is 256 Å². The molecule has 3 rings (SSSR count). The van der Waals surface area contributed by atoms with Gasteiger partial charge in [-0.2, -0.15) is 12.7 Å². The molecule has 1 atom stereocenters. The molecule has 0 fully saturated rings. The van der Waals surface area contributed by atoms with Crippen LogP contribution >= 0.6 is 0 Å². The fraction of sp³-hybridized carbons (Fsp3) is 0.394. The molecule has 3 aromatic carbocycles. The van der Waals surface area contributed by atoms with Crippen LogP contribution in [-0.4, -0.2) is 69.8 Å². The van der Waals surface area contributed by atoms with Gasteiger partial charge in [-0.15, -0.1) is 0 Å². The van der Waals surface area contributed by atoms with Gasteiger partial charge < -0.3 is 15.0 Å². The highest BCUT2D eigenvalue weighted by atomic mass is 32.2. The zero-order valence-corrected chi connectivity index (χ0v) is 26.9. The molecule has 0 saturated carbocycles.